The minimum atomic E-state index is -0.966. The van der Waals surface area contributed by atoms with E-state index < -0.39 is 6.10 Å². The normalized spacial score (nSPS) is 16.0. The van der Waals surface area contributed by atoms with E-state index in [0.717, 1.165) is 24.7 Å². The molecule has 1 aliphatic heterocycles. The third-order valence-corrected chi connectivity index (χ3v) is 5.50. The van der Waals surface area contributed by atoms with Crippen molar-refractivity contribution in [2.24, 2.45) is 0 Å². The summed E-state index contributed by atoms with van der Waals surface area (Å²) < 4.78 is 14.8. The molecule has 1 N–H and O–H groups in total. The van der Waals surface area contributed by atoms with Gasteiger partial charge >= 0.3 is 0 Å². The van der Waals surface area contributed by atoms with Crippen molar-refractivity contribution in [3.63, 3.8) is 0 Å². The van der Waals surface area contributed by atoms with Gasteiger partial charge in [0.15, 0.2) is 0 Å². The predicted octanol–water partition coefficient (Wildman–Crippen LogP) is 4.28. The molecule has 0 aliphatic carbocycles. The fourth-order valence-electron chi connectivity index (χ4n) is 3.81. The third-order valence-electron chi connectivity index (χ3n) is 5.26. The monoisotopic (exact) mass is 411 g/mol. The van der Waals surface area contributed by atoms with E-state index in [1.165, 1.54) is 11.6 Å². The van der Waals surface area contributed by atoms with E-state index in [1.807, 2.05) is 29.2 Å². The Morgan fingerprint density at radius 3 is 2.52 bits per heavy atom. The second kappa shape index (κ2) is 8.91. The Morgan fingerprint density at radius 2 is 1.79 bits per heavy atom. The summed E-state index contributed by atoms with van der Waals surface area (Å²) in [5, 5.41) is 11.6. The lowest BCUT2D eigenvalue weighted by atomic mass is 10.0. The van der Waals surface area contributed by atoms with Crippen molar-refractivity contribution in [3.05, 3.63) is 94.5 Å². The van der Waals surface area contributed by atoms with E-state index in [9.17, 15) is 9.50 Å². The van der Waals surface area contributed by atoms with E-state index in [0.29, 0.717) is 30.0 Å². The van der Waals surface area contributed by atoms with Crippen LogP contribution in [0, 0.1) is 5.82 Å². The summed E-state index contributed by atoms with van der Waals surface area (Å²) in [6.07, 6.45) is 0.665. The minimum absolute atomic E-state index is 0.319. The summed E-state index contributed by atoms with van der Waals surface area (Å²) in [5.74, 6) is -0.319. The summed E-state index contributed by atoms with van der Waals surface area (Å²) in [5.41, 5.74) is 2.70. The van der Waals surface area contributed by atoms with Crippen LogP contribution >= 0.6 is 11.6 Å². The minimum Gasteiger partial charge on any atom is -0.382 e. The van der Waals surface area contributed by atoms with Gasteiger partial charge in [-0.05, 0) is 35.9 Å². The van der Waals surface area contributed by atoms with Crippen molar-refractivity contribution in [1.29, 1.82) is 0 Å². The Kier molecular flexibility index (Phi) is 6.09. The number of aliphatic hydroxyl groups is 1. The molecule has 1 saturated heterocycles. The summed E-state index contributed by atoms with van der Waals surface area (Å²) in [7, 11) is 0. The number of hydrogen-bond donors (Lipinski definition) is 1. The molecule has 0 amide bonds. The maximum absolute atomic E-state index is 14.8. The Balaban J connectivity index is 1.50. The first-order valence-electron chi connectivity index (χ1n) is 9.71. The molecule has 3 aromatic rings. The van der Waals surface area contributed by atoms with Crippen molar-refractivity contribution >= 4 is 17.3 Å². The zero-order chi connectivity index (χ0) is 20.2. The van der Waals surface area contributed by atoms with Gasteiger partial charge in [0.25, 0.3) is 0 Å². The van der Waals surface area contributed by atoms with E-state index >= 15 is 0 Å². The molecule has 1 aromatic heterocycles. The second-order valence-corrected chi connectivity index (χ2v) is 7.66. The number of aromatic nitrogens is 1. The van der Waals surface area contributed by atoms with Gasteiger partial charge in [0.1, 0.15) is 11.9 Å². The molecule has 6 heteroatoms. The fourth-order valence-corrected chi connectivity index (χ4v) is 4.02. The van der Waals surface area contributed by atoms with Crippen LogP contribution in [-0.4, -0.2) is 41.2 Å². The molecule has 29 heavy (non-hydrogen) atoms. The maximum Gasteiger partial charge on any atom is 0.146 e. The average molecular weight is 412 g/mol. The molecule has 2 heterocycles. The number of anilines is 1. The highest BCUT2D eigenvalue weighted by Gasteiger charge is 2.25. The van der Waals surface area contributed by atoms with Gasteiger partial charge in [-0.3, -0.25) is 9.88 Å². The Morgan fingerprint density at radius 1 is 1.00 bits per heavy atom. The zero-order valence-electron chi connectivity index (χ0n) is 16.0. The molecule has 0 radical (unpaired) electrons. The van der Waals surface area contributed by atoms with Gasteiger partial charge in [-0.25, -0.2) is 4.39 Å². The molecule has 0 spiro atoms. The lowest BCUT2D eigenvalue weighted by Crippen LogP contribution is -2.46. The van der Waals surface area contributed by atoms with Crippen molar-refractivity contribution in [2.45, 2.75) is 12.6 Å². The highest BCUT2D eigenvalue weighted by atomic mass is 35.5. The van der Waals surface area contributed by atoms with E-state index in [1.54, 1.807) is 30.5 Å². The molecule has 4 nitrogen and oxygen atoms in total. The Bertz CT molecular complexity index is 961. The number of halogens is 2. The summed E-state index contributed by atoms with van der Waals surface area (Å²) in [6.45, 7) is 3.79. The number of benzene rings is 2. The van der Waals surface area contributed by atoms with Crippen molar-refractivity contribution in [2.75, 3.05) is 31.1 Å². The van der Waals surface area contributed by atoms with Gasteiger partial charge in [0.05, 0.1) is 11.4 Å². The smallest absolute Gasteiger partial charge is 0.146 e. The first-order chi connectivity index (χ1) is 14.1. The molecule has 4 rings (SSSR count). The first kappa shape index (κ1) is 19.8. The van der Waals surface area contributed by atoms with Gasteiger partial charge in [0.2, 0.25) is 0 Å². The molecule has 150 valence electrons. The molecular formula is C23H23ClFN3O. The topological polar surface area (TPSA) is 39.6 Å². The quantitative estimate of drug-likeness (QED) is 0.680. The lowest BCUT2D eigenvalue weighted by Gasteiger charge is -2.37. The van der Waals surface area contributed by atoms with Gasteiger partial charge < -0.3 is 10.0 Å². The number of nitrogens with zero attached hydrogens (tertiary/aromatic N) is 3. The number of pyridine rings is 1. The van der Waals surface area contributed by atoms with Gasteiger partial charge in [-0.15, -0.1) is 0 Å². The molecule has 0 bridgehead atoms. The number of para-hydroxylation sites is 1. The van der Waals surface area contributed by atoms with Crippen molar-refractivity contribution in [1.82, 2.24) is 9.88 Å². The zero-order valence-corrected chi connectivity index (χ0v) is 16.8. The van der Waals surface area contributed by atoms with Gasteiger partial charge in [-0.1, -0.05) is 41.9 Å². The highest BCUT2D eigenvalue weighted by Crippen LogP contribution is 2.33. The second-order valence-electron chi connectivity index (χ2n) is 7.23. The van der Waals surface area contributed by atoms with Crippen LogP contribution in [0.15, 0.2) is 66.9 Å². The van der Waals surface area contributed by atoms with Crippen molar-refractivity contribution < 1.29 is 9.50 Å². The number of piperazine rings is 1. The van der Waals surface area contributed by atoms with Crippen LogP contribution in [0.5, 0.6) is 0 Å². The molecule has 2 aromatic carbocycles. The van der Waals surface area contributed by atoms with Crippen LogP contribution in [0.4, 0.5) is 10.1 Å². The van der Waals surface area contributed by atoms with Crippen molar-refractivity contribution in [3.8, 4) is 0 Å². The van der Waals surface area contributed by atoms with Crippen LogP contribution in [0.3, 0.4) is 0 Å². The average Bonchev–Trinajstić information content (AvgIpc) is 2.74. The van der Waals surface area contributed by atoms with E-state index in [4.69, 9.17) is 11.6 Å². The lowest BCUT2D eigenvalue weighted by molar-refractivity contribution is 0.213. The van der Waals surface area contributed by atoms with E-state index in [-0.39, 0.29) is 5.82 Å². The Hall–Kier alpha value is -2.47. The summed E-state index contributed by atoms with van der Waals surface area (Å²) in [6, 6.07) is 18.1. The molecule has 0 saturated carbocycles. The number of hydrogen-bond acceptors (Lipinski definition) is 4. The number of rotatable bonds is 5. The maximum atomic E-state index is 14.8. The first-order valence-corrected chi connectivity index (χ1v) is 10.1. The molecule has 1 atom stereocenters. The van der Waals surface area contributed by atoms with Gasteiger partial charge in [-0.2, -0.15) is 0 Å². The summed E-state index contributed by atoms with van der Waals surface area (Å²) >= 11 is 6.08. The largest absolute Gasteiger partial charge is 0.382 e. The molecule has 1 unspecified atom stereocenters. The SMILES string of the molecule is OC(c1ccccn1)c1cccc(F)c1N1CCN(Cc2cccc(Cl)c2)CC1. The molecule has 1 aliphatic rings. The van der Waals surface area contributed by atoms with Crippen LogP contribution in [0.25, 0.3) is 0 Å². The number of aliphatic hydroxyl groups excluding tert-OH is 1. The van der Waals surface area contributed by atoms with Crippen LogP contribution in [0.1, 0.15) is 22.9 Å². The van der Waals surface area contributed by atoms with Gasteiger partial charge in [0, 0.05) is 49.5 Å². The standard InChI is InChI=1S/C23H23ClFN3O/c24-18-6-3-5-17(15-18)16-27-11-13-28(14-12-27)22-19(7-4-8-20(22)25)23(29)21-9-1-2-10-26-21/h1-10,15,23,29H,11-14,16H2. The van der Waals surface area contributed by atoms with Crippen LogP contribution in [0.2, 0.25) is 5.02 Å². The molecule has 1 fully saturated rings. The van der Waals surface area contributed by atoms with E-state index in [2.05, 4.69) is 16.0 Å². The fraction of sp³-hybridized carbons (Fsp3) is 0.261. The Labute approximate surface area is 175 Å². The summed E-state index contributed by atoms with van der Waals surface area (Å²) in [4.78, 5) is 8.58. The van der Waals surface area contributed by atoms with Crippen LogP contribution in [-0.2, 0) is 6.54 Å². The third kappa shape index (κ3) is 4.58. The van der Waals surface area contributed by atoms with Crippen LogP contribution < -0.4 is 4.90 Å². The molecular weight excluding hydrogens is 389 g/mol. The highest BCUT2D eigenvalue weighted by molar-refractivity contribution is 6.30. The predicted molar refractivity (Wildman–Crippen MR) is 114 cm³/mol.